The van der Waals surface area contributed by atoms with Crippen LogP contribution in [0.15, 0.2) is 12.7 Å². The van der Waals surface area contributed by atoms with Crippen LogP contribution in [0.3, 0.4) is 0 Å². The van der Waals surface area contributed by atoms with Crippen LogP contribution in [0.4, 0.5) is 0 Å². The topological polar surface area (TPSA) is 26.3 Å². The molecule has 0 heterocycles. The molecule has 70 valence electrons. The maximum atomic E-state index is 10.7. The number of esters is 1. The van der Waals surface area contributed by atoms with Gasteiger partial charge in [-0.15, -0.1) is 0 Å². The molecular formula is C10H18O2. The van der Waals surface area contributed by atoms with Crippen LogP contribution in [0.5, 0.6) is 0 Å². The van der Waals surface area contributed by atoms with E-state index in [0.717, 1.165) is 19.3 Å². The van der Waals surface area contributed by atoms with Crippen molar-refractivity contribution in [1.29, 1.82) is 0 Å². The number of hydrogen-bond donors (Lipinski definition) is 0. The number of unbranched alkanes of at least 4 members (excludes halogenated alkanes) is 1. The van der Waals surface area contributed by atoms with Gasteiger partial charge in [0, 0.05) is 6.92 Å². The highest BCUT2D eigenvalue weighted by Gasteiger charge is 2.22. The zero-order valence-electron chi connectivity index (χ0n) is 8.22. The molecule has 0 bridgehead atoms. The fourth-order valence-corrected chi connectivity index (χ4v) is 1.05. The Hall–Kier alpha value is -0.790. The summed E-state index contributed by atoms with van der Waals surface area (Å²) < 4.78 is 5.13. The van der Waals surface area contributed by atoms with E-state index in [1.165, 1.54) is 6.92 Å². The van der Waals surface area contributed by atoms with Gasteiger partial charge in [0.25, 0.3) is 0 Å². The molecule has 0 radical (unpaired) electrons. The zero-order valence-corrected chi connectivity index (χ0v) is 8.22. The molecule has 0 aliphatic heterocycles. The standard InChI is InChI=1S/C10H18O2/c1-5-7-8-10(4,6-2)12-9(3)11/h6H,2,5,7-8H2,1,3-4H3. The van der Waals surface area contributed by atoms with E-state index < -0.39 is 5.60 Å². The number of ether oxygens (including phenoxy) is 1. The van der Waals surface area contributed by atoms with Gasteiger partial charge < -0.3 is 4.74 Å². The molecule has 0 aromatic carbocycles. The van der Waals surface area contributed by atoms with E-state index in [2.05, 4.69) is 13.5 Å². The Balaban J connectivity index is 4.04. The molecular weight excluding hydrogens is 152 g/mol. The summed E-state index contributed by atoms with van der Waals surface area (Å²) in [7, 11) is 0. The first-order valence-electron chi connectivity index (χ1n) is 4.37. The highest BCUT2D eigenvalue weighted by molar-refractivity contribution is 5.66. The summed E-state index contributed by atoms with van der Waals surface area (Å²) in [6.07, 6.45) is 4.71. The third-order valence-electron chi connectivity index (χ3n) is 1.84. The van der Waals surface area contributed by atoms with Crippen LogP contribution < -0.4 is 0 Å². The maximum Gasteiger partial charge on any atom is 0.303 e. The molecule has 0 saturated carbocycles. The van der Waals surface area contributed by atoms with Crippen LogP contribution in [0.1, 0.15) is 40.0 Å². The lowest BCUT2D eigenvalue weighted by Crippen LogP contribution is -2.27. The molecule has 1 unspecified atom stereocenters. The Morgan fingerprint density at radius 3 is 2.58 bits per heavy atom. The van der Waals surface area contributed by atoms with Crippen molar-refractivity contribution in [1.82, 2.24) is 0 Å². The molecule has 1 atom stereocenters. The third kappa shape index (κ3) is 4.16. The van der Waals surface area contributed by atoms with Crippen LogP contribution >= 0.6 is 0 Å². The fraction of sp³-hybridized carbons (Fsp3) is 0.700. The predicted molar refractivity (Wildman–Crippen MR) is 49.9 cm³/mol. The van der Waals surface area contributed by atoms with Crippen molar-refractivity contribution in [3.63, 3.8) is 0 Å². The molecule has 0 amide bonds. The van der Waals surface area contributed by atoms with E-state index in [9.17, 15) is 4.79 Å². The second-order valence-corrected chi connectivity index (χ2v) is 3.21. The minimum atomic E-state index is -0.470. The van der Waals surface area contributed by atoms with Crippen molar-refractivity contribution in [3.05, 3.63) is 12.7 Å². The van der Waals surface area contributed by atoms with Gasteiger partial charge in [0.15, 0.2) is 0 Å². The minimum Gasteiger partial charge on any atom is -0.455 e. The maximum absolute atomic E-state index is 10.7. The Kier molecular flexibility index (Phi) is 4.64. The van der Waals surface area contributed by atoms with Crippen LogP contribution in [-0.4, -0.2) is 11.6 Å². The summed E-state index contributed by atoms with van der Waals surface area (Å²) in [5.74, 6) is -0.242. The minimum absolute atomic E-state index is 0.242. The molecule has 0 aromatic heterocycles. The molecule has 0 spiro atoms. The lowest BCUT2D eigenvalue weighted by Gasteiger charge is -2.24. The lowest BCUT2D eigenvalue weighted by atomic mass is 9.99. The van der Waals surface area contributed by atoms with Crippen molar-refractivity contribution in [3.8, 4) is 0 Å². The number of rotatable bonds is 5. The fourth-order valence-electron chi connectivity index (χ4n) is 1.05. The van der Waals surface area contributed by atoms with Gasteiger partial charge in [-0.25, -0.2) is 0 Å². The van der Waals surface area contributed by atoms with E-state index in [0.29, 0.717) is 0 Å². The highest BCUT2D eigenvalue weighted by atomic mass is 16.6. The average molecular weight is 170 g/mol. The Morgan fingerprint density at radius 2 is 2.25 bits per heavy atom. The summed E-state index contributed by atoms with van der Waals surface area (Å²) in [6.45, 7) is 9.08. The summed E-state index contributed by atoms with van der Waals surface area (Å²) in [5.41, 5.74) is -0.470. The monoisotopic (exact) mass is 170 g/mol. The van der Waals surface area contributed by atoms with E-state index in [1.54, 1.807) is 6.08 Å². The van der Waals surface area contributed by atoms with Crippen molar-refractivity contribution in [2.45, 2.75) is 45.6 Å². The molecule has 2 heteroatoms. The van der Waals surface area contributed by atoms with Gasteiger partial charge in [0.2, 0.25) is 0 Å². The molecule has 0 saturated heterocycles. The quantitative estimate of drug-likeness (QED) is 0.468. The van der Waals surface area contributed by atoms with Gasteiger partial charge in [0.1, 0.15) is 5.60 Å². The first-order chi connectivity index (χ1) is 5.54. The van der Waals surface area contributed by atoms with E-state index in [1.807, 2.05) is 6.92 Å². The molecule has 2 nitrogen and oxygen atoms in total. The Labute approximate surface area is 74.6 Å². The normalized spacial score (nSPS) is 14.9. The summed E-state index contributed by atoms with van der Waals surface area (Å²) in [5, 5.41) is 0. The Morgan fingerprint density at radius 1 is 1.67 bits per heavy atom. The van der Waals surface area contributed by atoms with Crippen molar-refractivity contribution in [2.75, 3.05) is 0 Å². The van der Waals surface area contributed by atoms with Crippen LogP contribution in [0.25, 0.3) is 0 Å². The van der Waals surface area contributed by atoms with Gasteiger partial charge in [-0.1, -0.05) is 19.9 Å². The van der Waals surface area contributed by atoms with Crippen LogP contribution in [0, 0.1) is 0 Å². The smallest absolute Gasteiger partial charge is 0.303 e. The molecule has 0 aliphatic carbocycles. The van der Waals surface area contributed by atoms with E-state index >= 15 is 0 Å². The number of carbonyl (C=O) groups is 1. The van der Waals surface area contributed by atoms with E-state index in [-0.39, 0.29) is 5.97 Å². The molecule has 0 aromatic rings. The van der Waals surface area contributed by atoms with Crippen molar-refractivity contribution in [2.24, 2.45) is 0 Å². The van der Waals surface area contributed by atoms with Gasteiger partial charge in [-0.05, 0) is 25.8 Å². The second kappa shape index (κ2) is 4.96. The predicted octanol–water partition coefficient (Wildman–Crippen LogP) is 2.68. The van der Waals surface area contributed by atoms with Gasteiger partial charge >= 0.3 is 5.97 Å². The highest BCUT2D eigenvalue weighted by Crippen LogP contribution is 2.19. The third-order valence-corrected chi connectivity index (χ3v) is 1.84. The SMILES string of the molecule is C=CC(C)(CCCC)OC(C)=O. The summed E-state index contributed by atoms with van der Waals surface area (Å²) in [6, 6.07) is 0. The number of carbonyl (C=O) groups excluding carboxylic acids is 1. The Bertz CT molecular complexity index is 163. The first kappa shape index (κ1) is 11.2. The summed E-state index contributed by atoms with van der Waals surface area (Å²) in [4.78, 5) is 10.7. The molecule has 12 heavy (non-hydrogen) atoms. The number of hydrogen-bond acceptors (Lipinski definition) is 2. The average Bonchev–Trinajstić information content (AvgIpc) is 2.00. The van der Waals surface area contributed by atoms with Crippen molar-refractivity contribution < 1.29 is 9.53 Å². The van der Waals surface area contributed by atoms with Crippen molar-refractivity contribution >= 4 is 5.97 Å². The zero-order chi connectivity index (χ0) is 9.61. The molecule has 0 aliphatic rings. The molecule has 0 rings (SSSR count). The van der Waals surface area contributed by atoms with Crippen LogP contribution in [-0.2, 0) is 9.53 Å². The van der Waals surface area contributed by atoms with Gasteiger partial charge in [-0.2, -0.15) is 0 Å². The van der Waals surface area contributed by atoms with Crippen LogP contribution in [0.2, 0.25) is 0 Å². The first-order valence-corrected chi connectivity index (χ1v) is 4.37. The molecule has 0 N–H and O–H groups in total. The van der Waals surface area contributed by atoms with Gasteiger partial charge in [-0.3, -0.25) is 4.79 Å². The largest absolute Gasteiger partial charge is 0.455 e. The molecule has 0 fully saturated rings. The summed E-state index contributed by atoms with van der Waals surface area (Å²) >= 11 is 0. The second-order valence-electron chi connectivity index (χ2n) is 3.21. The van der Waals surface area contributed by atoms with E-state index in [4.69, 9.17) is 4.74 Å². The lowest BCUT2D eigenvalue weighted by molar-refractivity contribution is -0.151. The van der Waals surface area contributed by atoms with Gasteiger partial charge in [0.05, 0.1) is 0 Å².